The van der Waals surface area contributed by atoms with Gasteiger partial charge in [0.1, 0.15) is 5.75 Å². The lowest BCUT2D eigenvalue weighted by Crippen LogP contribution is -1.99. The van der Waals surface area contributed by atoms with Gasteiger partial charge < -0.3 is 4.74 Å². The minimum Gasteiger partial charge on any atom is -0.493 e. The van der Waals surface area contributed by atoms with Gasteiger partial charge in [0.2, 0.25) is 0 Å². The molecule has 0 atom stereocenters. The van der Waals surface area contributed by atoms with Crippen LogP contribution < -0.4 is 4.74 Å². The number of unbranched alkanes of at least 4 members (excludes halogenated alkanes) is 1. The number of hydrogen-bond donors (Lipinski definition) is 1. The van der Waals surface area contributed by atoms with Crippen molar-refractivity contribution >= 4 is 24.2 Å². The predicted molar refractivity (Wildman–Crippen MR) is 64.8 cm³/mol. The zero-order chi connectivity index (χ0) is 10.4. The number of ether oxygens (including phenoxy) is 1. The van der Waals surface area contributed by atoms with Gasteiger partial charge in [-0.2, -0.15) is 12.6 Å². The normalized spacial score (nSPS) is 10.2. The molecule has 0 saturated carbocycles. The van der Waals surface area contributed by atoms with Gasteiger partial charge in [0.15, 0.2) is 0 Å². The van der Waals surface area contributed by atoms with Gasteiger partial charge in [-0.1, -0.05) is 17.7 Å². The molecule has 0 aromatic heterocycles. The Kier molecular flexibility index (Phi) is 5.20. The van der Waals surface area contributed by atoms with E-state index in [1.54, 1.807) is 0 Å². The molecular formula is C11H15ClOS. The highest BCUT2D eigenvalue weighted by Gasteiger charge is 1.99. The van der Waals surface area contributed by atoms with Crippen LogP contribution in [0.15, 0.2) is 18.2 Å². The zero-order valence-corrected chi connectivity index (χ0v) is 9.94. The number of hydrogen-bond acceptors (Lipinski definition) is 2. The lowest BCUT2D eigenvalue weighted by atomic mass is 10.2. The van der Waals surface area contributed by atoms with Gasteiger partial charge in [-0.25, -0.2) is 0 Å². The van der Waals surface area contributed by atoms with Crippen LogP contribution in [-0.4, -0.2) is 12.4 Å². The van der Waals surface area contributed by atoms with Crippen molar-refractivity contribution in [2.24, 2.45) is 0 Å². The van der Waals surface area contributed by atoms with E-state index in [-0.39, 0.29) is 0 Å². The fourth-order valence-corrected chi connectivity index (χ4v) is 1.51. The van der Waals surface area contributed by atoms with Crippen molar-refractivity contribution in [1.29, 1.82) is 0 Å². The van der Waals surface area contributed by atoms with Gasteiger partial charge in [-0.3, -0.25) is 0 Å². The van der Waals surface area contributed by atoms with Crippen LogP contribution in [-0.2, 0) is 0 Å². The van der Waals surface area contributed by atoms with Crippen LogP contribution in [0.25, 0.3) is 0 Å². The molecule has 78 valence electrons. The molecule has 1 rings (SSSR count). The smallest absolute Gasteiger partial charge is 0.123 e. The summed E-state index contributed by atoms with van der Waals surface area (Å²) in [6.45, 7) is 2.76. The molecule has 0 heterocycles. The predicted octanol–water partition coefficient (Wildman–Crippen LogP) is 3.74. The minimum atomic E-state index is 0.722. The molecule has 0 aliphatic carbocycles. The Labute approximate surface area is 95.8 Å². The van der Waals surface area contributed by atoms with Crippen LogP contribution >= 0.6 is 24.2 Å². The SMILES string of the molecule is Cc1ccc(Cl)cc1OCCCCS. The first-order valence-electron chi connectivity index (χ1n) is 4.74. The second kappa shape index (κ2) is 6.20. The van der Waals surface area contributed by atoms with E-state index in [1.807, 2.05) is 25.1 Å². The summed E-state index contributed by atoms with van der Waals surface area (Å²) in [6, 6.07) is 5.70. The van der Waals surface area contributed by atoms with Crippen molar-refractivity contribution in [3.63, 3.8) is 0 Å². The van der Waals surface area contributed by atoms with Crippen molar-refractivity contribution < 1.29 is 4.74 Å². The van der Waals surface area contributed by atoms with E-state index in [0.717, 1.165) is 41.5 Å². The molecule has 1 nitrogen and oxygen atoms in total. The van der Waals surface area contributed by atoms with Crippen molar-refractivity contribution in [3.8, 4) is 5.75 Å². The first kappa shape index (κ1) is 11.7. The van der Waals surface area contributed by atoms with Crippen LogP contribution in [0.3, 0.4) is 0 Å². The molecule has 3 heteroatoms. The summed E-state index contributed by atoms with van der Waals surface area (Å²) in [6.07, 6.45) is 2.12. The Hall–Kier alpha value is -0.340. The van der Waals surface area contributed by atoms with Gasteiger partial charge in [0.05, 0.1) is 6.61 Å². The van der Waals surface area contributed by atoms with Crippen LogP contribution in [0.1, 0.15) is 18.4 Å². The topological polar surface area (TPSA) is 9.23 Å². The molecule has 0 amide bonds. The van der Waals surface area contributed by atoms with Gasteiger partial charge in [0, 0.05) is 5.02 Å². The molecule has 0 fully saturated rings. The molecule has 0 bridgehead atoms. The summed E-state index contributed by atoms with van der Waals surface area (Å²) >= 11 is 10.0. The number of aryl methyl sites for hydroxylation is 1. The molecule has 0 spiro atoms. The molecule has 0 unspecified atom stereocenters. The van der Waals surface area contributed by atoms with E-state index in [2.05, 4.69) is 12.6 Å². The number of halogens is 1. The average molecular weight is 231 g/mol. The van der Waals surface area contributed by atoms with E-state index >= 15 is 0 Å². The second-order valence-electron chi connectivity index (χ2n) is 3.19. The van der Waals surface area contributed by atoms with Crippen molar-refractivity contribution in [2.75, 3.05) is 12.4 Å². The fraction of sp³-hybridized carbons (Fsp3) is 0.455. The first-order valence-corrected chi connectivity index (χ1v) is 5.75. The third-order valence-corrected chi connectivity index (χ3v) is 2.51. The molecule has 0 aliphatic heterocycles. The first-order chi connectivity index (χ1) is 6.74. The maximum atomic E-state index is 5.86. The van der Waals surface area contributed by atoms with Gasteiger partial charge >= 0.3 is 0 Å². The van der Waals surface area contributed by atoms with E-state index < -0.39 is 0 Å². The summed E-state index contributed by atoms with van der Waals surface area (Å²) in [5.74, 6) is 1.80. The van der Waals surface area contributed by atoms with Crippen LogP contribution in [0.2, 0.25) is 5.02 Å². The quantitative estimate of drug-likeness (QED) is 0.599. The van der Waals surface area contributed by atoms with Crippen molar-refractivity contribution in [3.05, 3.63) is 28.8 Å². The van der Waals surface area contributed by atoms with Crippen LogP contribution in [0, 0.1) is 6.92 Å². The lowest BCUT2D eigenvalue weighted by molar-refractivity contribution is 0.308. The Balaban J connectivity index is 2.45. The third-order valence-electron chi connectivity index (χ3n) is 1.96. The maximum absolute atomic E-state index is 5.86. The summed E-state index contributed by atoms with van der Waals surface area (Å²) in [7, 11) is 0. The highest BCUT2D eigenvalue weighted by molar-refractivity contribution is 7.80. The Morgan fingerprint density at radius 3 is 2.86 bits per heavy atom. The number of thiol groups is 1. The van der Waals surface area contributed by atoms with Crippen LogP contribution in [0.5, 0.6) is 5.75 Å². The largest absolute Gasteiger partial charge is 0.493 e. The average Bonchev–Trinajstić information content (AvgIpc) is 2.18. The highest BCUT2D eigenvalue weighted by Crippen LogP contribution is 2.22. The van der Waals surface area contributed by atoms with Gasteiger partial charge in [0.25, 0.3) is 0 Å². The summed E-state index contributed by atoms with van der Waals surface area (Å²) in [5.41, 5.74) is 1.13. The van der Waals surface area contributed by atoms with E-state index in [1.165, 1.54) is 0 Å². The molecule has 0 aliphatic rings. The summed E-state index contributed by atoms with van der Waals surface area (Å²) < 4.78 is 5.60. The Morgan fingerprint density at radius 2 is 2.14 bits per heavy atom. The molecular weight excluding hydrogens is 216 g/mol. The summed E-state index contributed by atoms with van der Waals surface area (Å²) in [4.78, 5) is 0. The zero-order valence-electron chi connectivity index (χ0n) is 8.29. The van der Waals surface area contributed by atoms with E-state index in [4.69, 9.17) is 16.3 Å². The van der Waals surface area contributed by atoms with Crippen molar-refractivity contribution in [2.45, 2.75) is 19.8 Å². The summed E-state index contributed by atoms with van der Waals surface area (Å²) in [5, 5.41) is 0.722. The van der Waals surface area contributed by atoms with Gasteiger partial charge in [-0.15, -0.1) is 0 Å². The molecule has 1 aromatic carbocycles. The molecule has 1 aromatic rings. The molecule has 0 radical (unpaired) electrons. The van der Waals surface area contributed by atoms with Gasteiger partial charge in [-0.05, 0) is 43.2 Å². The second-order valence-corrected chi connectivity index (χ2v) is 4.07. The van der Waals surface area contributed by atoms with Crippen molar-refractivity contribution in [1.82, 2.24) is 0 Å². The lowest BCUT2D eigenvalue weighted by Gasteiger charge is -2.08. The molecule has 0 saturated heterocycles. The minimum absolute atomic E-state index is 0.722. The van der Waals surface area contributed by atoms with E-state index in [9.17, 15) is 0 Å². The standard InChI is InChI=1S/C11H15ClOS/c1-9-4-5-10(12)8-11(9)13-6-2-3-7-14/h4-5,8,14H,2-3,6-7H2,1H3. The van der Waals surface area contributed by atoms with Crippen LogP contribution in [0.4, 0.5) is 0 Å². The van der Waals surface area contributed by atoms with E-state index in [0.29, 0.717) is 0 Å². The fourth-order valence-electron chi connectivity index (χ4n) is 1.13. The Bertz CT molecular complexity index is 289. The third kappa shape index (κ3) is 3.81. The maximum Gasteiger partial charge on any atom is 0.123 e. The molecule has 0 N–H and O–H groups in total. The molecule has 14 heavy (non-hydrogen) atoms. The monoisotopic (exact) mass is 230 g/mol. The number of benzene rings is 1. The Morgan fingerprint density at radius 1 is 1.36 bits per heavy atom. The highest BCUT2D eigenvalue weighted by atomic mass is 35.5. The number of rotatable bonds is 5.